The van der Waals surface area contributed by atoms with Gasteiger partial charge in [0.05, 0.1) is 11.5 Å². The van der Waals surface area contributed by atoms with E-state index in [4.69, 9.17) is 4.74 Å². The van der Waals surface area contributed by atoms with Crippen molar-refractivity contribution >= 4 is 9.84 Å². The number of sulfone groups is 1. The van der Waals surface area contributed by atoms with Crippen molar-refractivity contribution in [2.24, 2.45) is 0 Å². The zero-order valence-corrected chi connectivity index (χ0v) is 12.4. The molecule has 0 aliphatic rings. The Morgan fingerprint density at radius 1 is 1.28 bits per heavy atom. The largest absolute Gasteiger partial charge is 0.493 e. The zero-order valence-electron chi connectivity index (χ0n) is 11.6. The van der Waals surface area contributed by atoms with Gasteiger partial charge in [-0.25, -0.2) is 8.42 Å². The van der Waals surface area contributed by atoms with E-state index in [0.717, 1.165) is 24.2 Å². The van der Waals surface area contributed by atoms with Crippen LogP contribution in [0.25, 0.3) is 0 Å². The summed E-state index contributed by atoms with van der Waals surface area (Å²) in [6, 6.07) is 5.13. The highest BCUT2D eigenvalue weighted by molar-refractivity contribution is 7.90. The van der Waals surface area contributed by atoms with Crippen LogP contribution >= 0.6 is 0 Å². The van der Waals surface area contributed by atoms with E-state index in [1.165, 1.54) is 6.26 Å². The minimum Gasteiger partial charge on any atom is -0.493 e. The first-order valence-corrected chi connectivity index (χ1v) is 8.26. The summed E-state index contributed by atoms with van der Waals surface area (Å²) in [5.74, 6) is 1.09. The maximum atomic E-state index is 11.6. The normalized spacial score (nSPS) is 13.3. The fourth-order valence-corrected chi connectivity index (χ4v) is 2.36. The predicted molar refractivity (Wildman–Crippen MR) is 74.0 cm³/mol. The van der Waals surface area contributed by atoms with Gasteiger partial charge in [0.15, 0.2) is 9.84 Å². The minimum atomic E-state index is -3.16. The van der Waals surface area contributed by atoms with Crippen molar-refractivity contribution < 1.29 is 13.2 Å². The number of rotatable bonds is 6. The Balaban J connectivity index is 3.20. The molecule has 3 nitrogen and oxygen atoms in total. The molecule has 18 heavy (non-hydrogen) atoms. The van der Waals surface area contributed by atoms with E-state index >= 15 is 0 Å². The summed E-state index contributed by atoms with van der Waals surface area (Å²) in [4.78, 5) is 0.363. The highest BCUT2D eigenvalue weighted by Crippen LogP contribution is 2.31. The lowest BCUT2D eigenvalue weighted by Crippen LogP contribution is -2.04. The average molecular weight is 270 g/mol. The van der Waals surface area contributed by atoms with E-state index in [2.05, 4.69) is 13.8 Å². The lowest BCUT2D eigenvalue weighted by Gasteiger charge is -2.16. The molecular formula is C14H22O3S. The number of hydrogen-bond acceptors (Lipinski definition) is 3. The summed E-state index contributed by atoms with van der Waals surface area (Å²) in [5.41, 5.74) is 0.980. The van der Waals surface area contributed by atoms with E-state index < -0.39 is 9.84 Å². The van der Waals surface area contributed by atoms with Crippen LogP contribution in [0.5, 0.6) is 5.75 Å². The third kappa shape index (κ3) is 3.73. The van der Waals surface area contributed by atoms with Crippen LogP contribution in [-0.2, 0) is 9.84 Å². The van der Waals surface area contributed by atoms with Crippen molar-refractivity contribution in [3.63, 3.8) is 0 Å². The Morgan fingerprint density at radius 2 is 1.94 bits per heavy atom. The van der Waals surface area contributed by atoms with Gasteiger partial charge < -0.3 is 4.74 Å². The van der Waals surface area contributed by atoms with E-state index in [9.17, 15) is 8.42 Å². The molecule has 0 saturated heterocycles. The summed E-state index contributed by atoms with van der Waals surface area (Å²) in [6.45, 7) is 6.87. The number of benzene rings is 1. The quantitative estimate of drug-likeness (QED) is 0.795. The Kier molecular flexibility index (Phi) is 5.20. The van der Waals surface area contributed by atoms with Crippen LogP contribution in [-0.4, -0.2) is 21.3 Å². The van der Waals surface area contributed by atoms with Gasteiger partial charge in [-0.1, -0.05) is 20.8 Å². The highest BCUT2D eigenvalue weighted by Gasteiger charge is 2.15. The minimum absolute atomic E-state index is 0.290. The number of hydrogen-bond donors (Lipinski definition) is 0. The Morgan fingerprint density at radius 3 is 2.44 bits per heavy atom. The van der Waals surface area contributed by atoms with Crippen molar-refractivity contribution in [3.8, 4) is 5.75 Å². The summed E-state index contributed by atoms with van der Waals surface area (Å²) >= 11 is 0. The SMILES string of the molecule is CCCOc1ccc(S(C)(=O)=O)cc1C(C)CC. The molecule has 1 unspecified atom stereocenters. The molecule has 0 N–H and O–H groups in total. The molecule has 4 heteroatoms. The van der Waals surface area contributed by atoms with Crippen LogP contribution in [0, 0.1) is 0 Å². The maximum absolute atomic E-state index is 11.6. The van der Waals surface area contributed by atoms with Crippen molar-refractivity contribution in [1.82, 2.24) is 0 Å². The van der Waals surface area contributed by atoms with Gasteiger partial charge in [0.25, 0.3) is 0 Å². The van der Waals surface area contributed by atoms with Gasteiger partial charge in [0.2, 0.25) is 0 Å². The Labute approximate surface area is 110 Å². The maximum Gasteiger partial charge on any atom is 0.175 e. The standard InChI is InChI=1S/C14H22O3S/c1-5-9-17-14-8-7-12(18(4,15)16)10-13(14)11(3)6-2/h7-8,10-11H,5-6,9H2,1-4H3. The highest BCUT2D eigenvalue weighted by atomic mass is 32.2. The molecular weight excluding hydrogens is 248 g/mol. The van der Waals surface area contributed by atoms with Gasteiger partial charge in [0, 0.05) is 6.26 Å². The van der Waals surface area contributed by atoms with Crippen LogP contribution in [0.2, 0.25) is 0 Å². The predicted octanol–water partition coefficient (Wildman–Crippen LogP) is 3.39. The first-order valence-electron chi connectivity index (χ1n) is 6.37. The van der Waals surface area contributed by atoms with Crippen LogP contribution in [0.15, 0.2) is 23.1 Å². The van der Waals surface area contributed by atoms with Gasteiger partial charge in [-0.3, -0.25) is 0 Å². The molecule has 1 aromatic rings. The van der Waals surface area contributed by atoms with Crippen LogP contribution in [0.3, 0.4) is 0 Å². The van der Waals surface area contributed by atoms with E-state index in [0.29, 0.717) is 17.4 Å². The van der Waals surface area contributed by atoms with Crippen molar-refractivity contribution in [2.75, 3.05) is 12.9 Å². The number of ether oxygens (including phenoxy) is 1. The second kappa shape index (κ2) is 6.23. The Bertz CT molecular complexity index is 492. The fraction of sp³-hybridized carbons (Fsp3) is 0.571. The molecule has 102 valence electrons. The second-order valence-electron chi connectivity index (χ2n) is 4.63. The lowest BCUT2D eigenvalue weighted by atomic mass is 9.98. The van der Waals surface area contributed by atoms with Gasteiger partial charge in [0.1, 0.15) is 5.75 Å². The molecule has 1 aromatic carbocycles. The van der Waals surface area contributed by atoms with E-state index in [1.807, 2.05) is 6.92 Å². The summed E-state index contributed by atoms with van der Waals surface area (Å²) in [5, 5.41) is 0. The average Bonchev–Trinajstić information content (AvgIpc) is 2.34. The molecule has 0 spiro atoms. The fourth-order valence-electron chi connectivity index (χ4n) is 1.71. The van der Waals surface area contributed by atoms with Gasteiger partial charge in [-0.15, -0.1) is 0 Å². The van der Waals surface area contributed by atoms with Gasteiger partial charge in [-0.2, -0.15) is 0 Å². The first-order chi connectivity index (χ1) is 8.40. The van der Waals surface area contributed by atoms with Crippen LogP contribution in [0.4, 0.5) is 0 Å². The van der Waals surface area contributed by atoms with Crippen molar-refractivity contribution in [2.45, 2.75) is 44.4 Å². The summed E-state index contributed by atoms with van der Waals surface area (Å²) in [6.07, 6.45) is 3.12. The molecule has 1 atom stereocenters. The Hall–Kier alpha value is -1.03. The molecule has 0 radical (unpaired) electrons. The monoisotopic (exact) mass is 270 g/mol. The van der Waals surface area contributed by atoms with Gasteiger partial charge >= 0.3 is 0 Å². The summed E-state index contributed by atoms with van der Waals surface area (Å²) in [7, 11) is -3.16. The smallest absolute Gasteiger partial charge is 0.175 e. The third-order valence-corrected chi connectivity index (χ3v) is 4.12. The molecule has 0 saturated carbocycles. The van der Waals surface area contributed by atoms with Crippen molar-refractivity contribution in [1.29, 1.82) is 0 Å². The van der Waals surface area contributed by atoms with Gasteiger partial charge in [-0.05, 0) is 42.5 Å². The molecule has 0 aliphatic carbocycles. The molecule has 1 rings (SSSR count). The zero-order chi connectivity index (χ0) is 13.8. The first kappa shape index (κ1) is 15.0. The molecule has 0 aliphatic heterocycles. The molecule has 0 aromatic heterocycles. The van der Waals surface area contributed by atoms with Crippen molar-refractivity contribution in [3.05, 3.63) is 23.8 Å². The third-order valence-electron chi connectivity index (χ3n) is 3.01. The lowest BCUT2D eigenvalue weighted by molar-refractivity contribution is 0.312. The van der Waals surface area contributed by atoms with E-state index in [1.54, 1.807) is 18.2 Å². The van der Waals surface area contributed by atoms with E-state index in [-0.39, 0.29) is 0 Å². The second-order valence-corrected chi connectivity index (χ2v) is 6.65. The summed E-state index contributed by atoms with van der Waals surface area (Å²) < 4.78 is 28.8. The van der Waals surface area contributed by atoms with Crippen LogP contribution < -0.4 is 4.74 Å². The molecule has 0 heterocycles. The molecule has 0 bridgehead atoms. The molecule has 0 amide bonds. The van der Waals surface area contributed by atoms with Crippen LogP contribution in [0.1, 0.15) is 45.1 Å². The molecule has 0 fully saturated rings. The topological polar surface area (TPSA) is 43.4 Å².